The Morgan fingerprint density at radius 1 is 1.31 bits per heavy atom. The number of rotatable bonds is 6. The molecule has 8 nitrogen and oxygen atoms in total. The van der Waals surface area contributed by atoms with Gasteiger partial charge in [0.05, 0.1) is 12.0 Å². The third-order valence-electron chi connectivity index (χ3n) is 4.62. The Kier molecular flexibility index (Phi) is 5.62. The second kappa shape index (κ2) is 8.09. The molecule has 2 amide bonds. The number of amides is 2. The lowest BCUT2D eigenvalue weighted by atomic mass is 10.0. The highest BCUT2D eigenvalue weighted by Gasteiger charge is 2.38. The number of hydrogen-bond donors (Lipinski definition) is 2. The van der Waals surface area contributed by atoms with Gasteiger partial charge >= 0.3 is 0 Å². The first kappa shape index (κ1) is 18.1. The third-order valence-corrected chi connectivity index (χ3v) is 4.62. The van der Waals surface area contributed by atoms with Crippen molar-refractivity contribution in [1.82, 2.24) is 30.3 Å². The van der Waals surface area contributed by atoms with Crippen molar-refractivity contribution in [3.63, 3.8) is 0 Å². The molecule has 2 atom stereocenters. The zero-order valence-corrected chi connectivity index (χ0v) is 15.1. The van der Waals surface area contributed by atoms with Crippen molar-refractivity contribution in [3.05, 3.63) is 48.0 Å². The Morgan fingerprint density at radius 3 is 2.81 bits per heavy atom. The Balaban J connectivity index is 1.68. The van der Waals surface area contributed by atoms with Crippen LogP contribution >= 0.6 is 0 Å². The molecular formula is C18H24N6O2. The van der Waals surface area contributed by atoms with E-state index in [1.807, 2.05) is 25.3 Å². The lowest BCUT2D eigenvalue weighted by molar-refractivity contribution is -0.124. The van der Waals surface area contributed by atoms with Gasteiger partial charge in [0, 0.05) is 51.8 Å². The fourth-order valence-corrected chi connectivity index (χ4v) is 3.26. The van der Waals surface area contributed by atoms with Crippen LogP contribution in [-0.2, 0) is 17.9 Å². The van der Waals surface area contributed by atoms with E-state index in [4.69, 9.17) is 0 Å². The second-order valence-electron chi connectivity index (χ2n) is 6.41. The van der Waals surface area contributed by atoms with Crippen LogP contribution in [0.1, 0.15) is 23.0 Å². The van der Waals surface area contributed by atoms with Gasteiger partial charge in [-0.2, -0.15) is 5.10 Å². The molecule has 3 heterocycles. The van der Waals surface area contributed by atoms with E-state index in [1.54, 1.807) is 30.2 Å². The predicted molar refractivity (Wildman–Crippen MR) is 96.2 cm³/mol. The molecule has 0 spiro atoms. The van der Waals surface area contributed by atoms with E-state index in [-0.39, 0.29) is 23.8 Å². The molecule has 0 aliphatic carbocycles. The van der Waals surface area contributed by atoms with Crippen LogP contribution in [0.3, 0.4) is 0 Å². The molecule has 0 saturated carbocycles. The van der Waals surface area contributed by atoms with Crippen molar-refractivity contribution in [2.75, 3.05) is 20.1 Å². The number of aryl methyl sites for hydroxylation is 1. The van der Waals surface area contributed by atoms with Crippen LogP contribution in [0.4, 0.5) is 0 Å². The van der Waals surface area contributed by atoms with Gasteiger partial charge in [-0.3, -0.25) is 24.2 Å². The molecule has 138 valence electrons. The number of likely N-dealkylation sites (tertiary alicyclic amines) is 1. The van der Waals surface area contributed by atoms with Gasteiger partial charge in [0.15, 0.2) is 0 Å². The zero-order chi connectivity index (χ0) is 18.5. The Labute approximate surface area is 152 Å². The van der Waals surface area contributed by atoms with E-state index in [9.17, 15) is 9.59 Å². The first-order valence-corrected chi connectivity index (χ1v) is 8.78. The van der Waals surface area contributed by atoms with Crippen LogP contribution in [0.2, 0.25) is 0 Å². The van der Waals surface area contributed by atoms with Gasteiger partial charge in [-0.25, -0.2) is 0 Å². The Bertz CT molecular complexity index is 760. The van der Waals surface area contributed by atoms with Crippen LogP contribution < -0.4 is 10.6 Å². The fourth-order valence-electron chi connectivity index (χ4n) is 3.26. The highest BCUT2D eigenvalue weighted by atomic mass is 16.2. The van der Waals surface area contributed by atoms with Crippen molar-refractivity contribution >= 4 is 11.8 Å². The molecule has 1 fully saturated rings. The highest BCUT2D eigenvalue weighted by Crippen LogP contribution is 2.20. The standard InChI is InChI=1S/C18H24N6O2/c1-3-24-8-6-15(22-24)18(26)21-16-12-23(11-14(16)17(25)19-2)10-13-5-4-7-20-9-13/h4-9,14,16H,3,10-12H2,1-2H3,(H,19,25)(H,21,26)/t14-,16-/m0/s1. The maximum Gasteiger partial charge on any atom is 0.272 e. The minimum Gasteiger partial charge on any atom is -0.359 e. The number of hydrogen-bond acceptors (Lipinski definition) is 5. The summed E-state index contributed by atoms with van der Waals surface area (Å²) < 4.78 is 1.70. The minimum absolute atomic E-state index is 0.0666. The number of aromatic nitrogens is 3. The minimum atomic E-state index is -0.297. The quantitative estimate of drug-likeness (QED) is 0.775. The van der Waals surface area contributed by atoms with Crippen LogP contribution in [0, 0.1) is 5.92 Å². The number of nitrogens with one attached hydrogen (secondary N) is 2. The molecule has 2 aromatic rings. The van der Waals surface area contributed by atoms with E-state index >= 15 is 0 Å². The Hall–Kier alpha value is -2.74. The average molecular weight is 356 g/mol. The first-order valence-electron chi connectivity index (χ1n) is 8.78. The van der Waals surface area contributed by atoms with E-state index in [2.05, 4.69) is 25.6 Å². The summed E-state index contributed by atoms with van der Waals surface area (Å²) in [5, 5.41) is 9.91. The lowest BCUT2D eigenvalue weighted by Gasteiger charge is -2.18. The van der Waals surface area contributed by atoms with Gasteiger partial charge in [-0.05, 0) is 24.6 Å². The van der Waals surface area contributed by atoms with Crippen molar-refractivity contribution in [2.45, 2.75) is 26.1 Å². The zero-order valence-electron chi connectivity index (χ0n) is 15.1. The molecule has 1 aliphatic rings. The van der Waals surface area contributed by atoms with Gasteiger partial charge in [-0.1, -0.05) is 6.07 Å². The third kappa shape index (κ3) is 4.08. The van der Waals surface area contributed by atoms with Gasteiger partial charge in [0.2, 0.25) is 5.91 Å². The molecule has 0 bridgehead atoms. The molecular weight excluding hydrogens is 332 g/mol. The summed E-state index contributed by atoms with van der Waals surface area (Å²) in [6, 6.07) is 5.33. The molecule has 1 saturated heterocycles. The molecule has 26 heavy (non-hydrogen) atoms. The van der Waals surface area contributed by atoms with Gasteiger partial charge in [0.1, 0.15) is 5.69 Å². The molecule has 1 aliphatic heterocycles. The van der Waals surface area contributed by atoms with E-state index < -0.39 is 0 Å². The Morgan fingerprint density at radius 2 is 2.15 bits per heavy atom. The van der Waals surface area contributed by atoms with E-state index in [0.717, 1.165) is 5.56 Å². The number of pyridine rings is 1. The van der Waals surface area contributed by atoms with E-state index in [0.29, 0.717) is 31.9 Å². The topological polar surface area (TPSA) is 92.2 Å². The summed E-state index contributed by atoms with van der Waals surface area (Å²) in [6.07, 6.45) is 5.33. The fraction of sp³-hybridized carbons (Fsp3) is 0.444. The smallest absolute Gasteiger partial charge is 0.272 e. The van der Waals surface area contributed by atoms with Crippen molar-refractivity contribution in [1.29, 1.82) is 0 Å². The van der Waals surface area contributed by atoms with Gasteiger partial charge < -0.3 is 10.6 Å². The molecule has 3 rings (SSSR count). The summed E-state index contributed by atoms with van der Waals surface area (Å²) in [4.78, 5) is 31.1. The molecule has 2 N–H and O–H groups in total. The molecule has 0 unspecified atom stereocenters. The number of nitrogens with zero attached hydrogens (tertiary/aromatic N) is 4. The van der Waals surface area contributed by atoms with Crippen molar-refractivity contribution < 1.29 is 9.59 Å². The second-order valence-corrected chi connectivity index (χ2v) is 6.41. The van der Waals surface area contributed by atoms with Crippen LogP contribution in [0.5, 0.6) is 0 Å². The predicted octanol–water partition coefficient (Wildman–Crippen LogP) is 0.274. The summed E-state index contributed by atoms with van der Waals surface area (Å²) >= 11 is 0. The average Bonchev–Trinajstić information content (AvgIpc) is 3.29. The van der Waals surface area contributed by atoms with Crippen molar-refractivity contribution in [2.24, 2.45) is 5.92 Å². The molecule has 2 aromatic heterocycles. The molecule has 8 heteroatoms. The van der Waals surface area contributed by atoms with Gasteiger partial charge in [0.25, 0.3) is 5.91 Å². The lowest BCUT2D eigenvalue weighted by Crippen LogP contribution is -2.45. The molecule has 0 radical (unpaired) electrons. The maximum atomic E-state index is 12.5. The van der Waals surface area contributed by atoms with Gasteiger partial charge in [-0.15, -0.1) is 0 Å². The normalized spacial score (nSPS) is 20.1. The first-order chi connectivity index (χ1) is 12.6. The van der Waals surface area contributed by atoms with E-state index in [1.165, 1.54) is 0 Å². The monoisotopic (exact) mass is 356 g/mol. The summed E-state index contributed by atoms with van der Waals surface area (Å²) in [5.41, 5.74) is 1.45. The number of carbonyl (C=O) groups excluding carboxylic acids is 2. The number of carbonyl (C=O) groups is 2. The summed E-state index contributed by atoms with van der Waals surface area (Å²) in [6.45, 7) is 4.55. The van der Waals surface area contributed by atoms with Crippen LogP contribution in [0.25, 0.3) is 0 Å². The summed E-state index contributed by atoms with van der Waals surface area (Å²) in [7, 11) is 1.62. The maximum absolute atomic E-state index is 12.5. The SMILES string of the molecule is CCn1ccc(C(=O)N[C@H]2CN(Cc3cccnc3)C[C@@H]2C(=O)NC)n1. The van der Waals surface area contributed by atoms with Crippen molar-refractivity contribution in [3.8, 4) is 0 Å². The van der Waals surface area contributed by atoms with Crippen LogP contribution in [-0.4, -0.2) is 57.7 Å². The molecule has 0 aromatic carbocycles. The highest BCUT2D eigenvalue weighted by molar-refractivity contribution is 5.93. The largest absolute Gasteiger partial charge is 0.359 e. The van der Waals surface area contributed by atoms with Crippen LogP contribution in [0.15, 0.2) is 36.8 Å². The summed E-state index contributed by atoms with van der Waals surface area (Å²) in [5.74, 6) is -0.615.